The molecule has 0 spiro atoms. The number of carbonyl (C=O) groups is 5. The molecule has 10 aromatic rings. The molecule has 5 heterocycles. The maximum atomic E-state index is 13.6. The fourth-order valence-corrected chi connectivity index (χ4v) is 18.0. The number of para-hydroxylation sites is 1. The first-order valence-electron chi connectivity index (χ1n) is 40.9. The lowest BCUT2D eigenvalue weighted by atomic mass is 9.77. The van der Waals surface area contributed by atoms with Gasteiger partial charge < -0.3 is 76.0 Å². The quantitative estimate of drug-likeness (QED) is 0.0876. The summed E-state index contributed by atoms with van der Waals surface area (Å²) in [4.78, 5) is 63.6. The molecule has 24 heteroatoms. The summed E-state index contributed by atoms with van der Waals surface area (Å²) >= 11 is 9.60. The minimum atomic E-state index is -0.352. The number of anilines is 1. The molecule has 10 aliphatic rings. The Bertz CT molecular complexity index is 5340. The van der Waals surface area contributed by atoms with Crippen molar-refractivity contribution in [1.29, 1.82) is 0 Å². The van der Waals surface area contributed by atoms with Crippen molar-refractivity contribution in [2.45, 2.75) is 128 Å². The van der Waals surface area contributed by atoms with Crippen LogP contribution in [0.3, 0.4) is 0 Å². The van der Waals surface area contributed by atoms with Crippen LogP contribution in [0.15, 0.2) is 162 Å². The monoisotopic (exact) mass is 1720 g/mol. The van der Waals surface area contributed by atoms with Crippen LogP contribution in [0, 0.1) is 5.82 Å². The number of fused-ring (bicyclic) bond motifs is 10. The standard InChI is InChI=1S/C21H23NO4.C19H17BrO4.C19H17ClO4.C19H17FO4.C19H18O4/c1-4-24-19-9-14(22(2)3)5-6-16(19)18-10-15(23)7-13-8-20-21(11-17(13)18)26-12-25-20;3*1-2-22-17-7-12(20)3-4-14(17)16-8-13(21)5-11-6-18-19(9-15(11)16)24-10-23-18;1-2-21-17-6-4-3-5-14(17)16-9-13(20)7-12-8-18-19(10-15(12)16)23-11-22-18/h5-6,8-9,11,18H,4,7,10,12H2,1-3H3;3*3-4,6-7,9,16H,2,5,8,10H2,1H3;3-6,8,10,16H,2,7,9,11H2,1H3. The number of hydrogen-bond donors (Lipinski definition) is 0. The van der Waals surface area contributed by atoms with Crippen molar-refractivity contribution >= 4 is 62.1 Å². The molecule has 5 unspecified atom stereocenters. The van der Waals surface area contributed by atoms with E-state index in [2.05, 4.69) is 28.1 Å². The largest absolute Gasteiger partial charge is 0.494 e. The van der Waals surface area contributed by atoms with Crippen molar-refractivity contribution in [1.82, 2.24) is 0 Å². The van der Waals surface area contributed by atoms with Crippen molar-refractivity contribution < 1.29 is 99.4 Å². The molecule has 20 rings (SSSR count). The van der Waals surface area contributed by atoms with Crippen LogP contribution in [0.2, 0.25) is 5.02 Å². The van der Waals surface area contributed by atoms with Gasteiger partial charge in [0.2, 0.25) is 34.0 Å². The Labute approximate surface area is 714 Å². The Balaban J connectivity index is 0.000000112. The number of Topliss-reactive ketones (excluding diaryl/α,β-unsaturated/α-hetero) is 5. The molecule has 0 radical (unpaired) electrons. The molecule has 0 saturated carbocycles. The van der Waals surface area contributed by atoms with Crippen molar-refractivity contribution in [3.8, 4) is 86.2 Å². The summed E-state index contributed by atoms with van der Waals surface area (Å²) in [6.45, 7) is 13.6. The van der Waals surface area contributed by atoms with Gasteiger partial charge in [0.1, 0.15) is 63.5 Å². The van der Waals surface area contributed by atoms with Crippen LogP contribution in [-0.4, -0.2) is 110 Å². The zero-order valence-electron chi connectivity index (χ0n) is 68.3. The molecule has 10 aromatic carbocycles. The Hall–Kier alpha value is -12.0. The Morgan fingerprint density at radius 2 is 0.595 bits per heavy atom. The maximum absolute atomic E-state index is 13.6. The lowest BCUT2D eigenvalue weighted by molar-refractivity contribution is -0.119. The minimum Gasteiger partial charge on any atom is -0.494 e. The van der Waals surface area contributed by atoms with Gasteiger partial charge in [-0.1, -0.05) is 70.0 Å². The Morgan fingerprint density at radius 3 is 0.934 bits per heavy atom. The van der Waals surface area contributed by atoms with Gasteiger partial charge >= 0.3 is 0 Å². The van der Waals surface area contributed by atoms with Gasteiger partial charge in [-0.15, -0.1) is 0 Å². The third-order valence-corrected chi connectivity index (χ3v) is 23.6. The molecule has 0 fully saturated rings. The minimum absolute atomic E-state index is 0.00324. The number of nitrogens with zero attached hydrogens (tertiary/aromatic N) is 1. The van der Waals surface area contributed by atoms with Gasteiger partial charge in [0, 0.05) is 163 Å². The van der Waals surface area contributed by atoms with E-state index in [0.29, 0.717) is 125 Å². The van der Waals surface area contributed by atoms with E-state index in [1.807, 2.05) is 181 Å². The molecule has 5 aliphatic carbocycles. The first kappa shape index (κ1) is 82.7. The second-order valence-corrected chi connectivity index (χ2v) is 32.1. The molecule has 121 heavy (non-hydrogen) atoms. The van der Waals surface area contributed by atoms with E-state index in [1.165, 1.54) is 12.1 Å². The first-order chi connectivity index (χ1) is 58.8. The van der Waals surface area contributed by atoms with E-state index in [0.717, 1.165) is 157 Å². The van der Waals surface area contributed by atoms with Gasteiger partial charge in [0.05, 0.1) is 33.0 Å². The van der Waals surface area contributed by atoms with E-state index in [9.17, 15) is 28.4 Å². The second-order valence-electron chi connectivity index (χ2n) is 30.7. The highest BCUT2D eigenvalue weighted by Gasteiger charge is 2.38. The normalized spacial score (nSPS) is 18.3. The predicted molar refractivity (Wildman–Crippen MR) is 454 cm³/mol. The molecule has 0 aromatic heterocycles. The number of benzene rings is 10. The summed E-state index contributed by atoms with van der Waals surface area (Å²) in [5, 5.41) is 0.621. The van der Waals surface area contributed by atoms with Crippen LogP contribution in [-0.2, 0) is 56.1 Å². The third-order valence-electron chi connectivity index (χ3n) is 22.9. The number of halogens is 3. The van der Waals surface area contributed by atoms with E-state index in [-0.39, 0.29) is 98.3 Å². The van der Waals surface area contributed by atoms with Gasteiger partial charge in [-0.2, -0.15) is 0 Å². The number of rotatable bonds is 16. The molecule has 0 bridgehead atoms. The van der Waals surface area contributed by atoms with Gasteiger partial charge in [-0.25, -0.2) is 4.39 Å². The molecular formula is C97H92BrClFNO20. The molecule has 5 aliphatic heterocycles. The highest BCUT2D eigenvalue weighted by atomic mass is 79.9. The van der Waals surface area contributed by atoms with E-state index >= 15 is 0 Å². The van der Waals surface area contributed by atoms with Crippen LogP contribution in [0.25, 0.3) is 0 Å². The number of carbonyl (C=O) groups excluding carboxylic acids is 5. The lowest BCUT2D eigenvalue weighted by Crippen LogP contribution is -2.20. The maximum Gasteiger partial charge on any atom is 0.231 e. The number of ketones is 5. The topological polar surface area (TPSA) is 227 Å². The van der Waals surface area contributed by atoms with Gasteiger partial charge in [0.25, 0.3) is 0 Å². The predicted octanol–water partition coefficient (Wildman–Crippen LogP) is 18.9. The summed E-state index contributed by atoms with van der Waals surface area (Å²) in [5.74, 6) is 11.4. The summed E-state index contributed by atoms with van der Waals surface area (Å²) in [6.07, 6.45) is 4.45. The first-order valence-corrected chi connectivity index (χ1v) is 42.1. The Morgan fingerprint density at radius 1 is 0.322 bits per heavy atom. The lowest BCUT2D eigenvalue weighted by Gasteiger charge is -2.28. The van der Waals surface area contributed by atoms with Gasteiger partial charge in [-0.05, 0) is 193 Å². The number of hydrogen-bond acceptors (Lipinski definition) is 21. The van der Waals surface area contributed by atoms with Crippen molar-refractivity contribution in [3.05, 3.63) is 256 Å². The Kier molecular flexibility index (Phi) is 25.0. The molecule has 0 N–H and O–H groups in total. The van der Waals surface area contributed by atoms with E-state index < -0.39 is 0 Å². The van der Waals surface area contributed by atoms with E-state index in [4.69, 9.17) is 82.7 Å². The van der Waals surface area contributed by atoms with Crippen LogP contribution < -0.4 is 76.0 Å². The molecule has 626 valence electrons. The molecular weight excluding hydrogens is 1630 g/mol. The zero-order valence-corrected chi connectivity index (χ0v) is 70.6. The van der Waals surface area contributed by atoms with Crippen molar-refractivity contribution in [2.24, 2.45) is 0 Å². The van der Waals surface area contributed by atoms with Crippen molar-refractivity contribution in [3.63, 3.8) is 0 Å². The van der Waals surface area contributed by atoms with Gasteiger partial charge in [0.15, 0.2) is 57.5 Å². The smallest absolute Gasteiger partial charge is 0.231 e. The third kappa shape index (κ3) is 18.0. The molecule has 21 nitrogen and oxygen atoms in total. The van der Waals surface area contributed by atoms with Crippen LogP contribution in [0.5, 0.6) is 86.2 Å². The van der Waals surface area contributed by atoms with Crippen molar-refractivity contribution in [2.75, 3.05) is 86.0 Å². The zero-order chi connectivity index (χ0) is 84.1. The summed E-state index contributed by atoms with van der Waals surface area (Å²) in [7, 11) is 4.01. The van der Waals surface area contributed by atoms with Crippen LogP contribution in [0.1, 0.15) is 180 Å². The highest BCUT2D eigenvalue weighted by Crippen LogP contribution is 2.52. The fourth-order valence-electron chi connectivity index (χ4n) is 17.5. The second kappa shape index (κ2) is 36.6. The summed E-state index contributed by atoms with van der Waals surface area (Å²) in [5.41, 5.74) is 16.5. The molecule has 5 atom stereocenters. The van der Waals surface area contributed by atoms with Crippen LogP contribution in [0.4, 0.5) is 10.1 Å². The van der Waals surface area contributed by atoms with Gasteiger partial charge in [-0.3, -0.25) is 24.0 Å². The fraction of sp³-hybridized carbons (Fsp3) is 0.330. The molecule has 0 amide bonds. The highest BCUT2D eigenvalue weighted by molar-refractivity contribution is 9.10. The van der Waals surface area contributed by atoms with E-state index in [1.54, 1.807) is 6.07 Å². The average Bonchev–Trinajstić information content (AvgIpc) is 1.76. The van der Waals surface area contributed by atoms with Crippen LogP contribution >= 0.6 is 27.5 Å². The molecule has 0 saturated heterocycles. The SMILES string of the molecule is CCOc1cc(Br)ccc1C1CC(=O)Cc2cc3c(cc21)OCO3.CCOc1cc(Cl)ccc1C1CC(=O)Cc2cc3c(cc21)OCO3.CCOc1cc(F)ccc1C1CC(=O)Cc2cc3c(cc21)OCO3.CCOc1cc(N(C)C)ccc1C1CC(=O)Cc2cc3c(cc21)OCO3.CCOc1ccccc1C1CC(=O)Cc2cc3c(cc21)OCO3. The summed E-state index contributed by atoms with van der Waals surface area (Å²) in [6, 6.07) is 49.9. The number of ether oxygens (including phenoxy) is 15. The average molecular weight is 1730 g/mol. The summed E-state index contributed by atoms with van der Waals surface area (Å²) < 4.78 is 98.3.